The highest BCUT2D eigenvalue weighted by atomic mass is 32.1. The van der Waals surface area contributed by atoms with E-state index < -0.39 is 0 Å². The number of fused-ring (bicyclic) bond motifs is 1. The number of hydrogen-bond donors (Lipinski definition) is 0. The summed E-state index contributed by atoms with van der Waals surface area (Å²) in [6.07, 6.45) is 1.62. The van der Waals surface area contributed by atoms with E-state index in [1.165, 1.54) is 11.3 Å². The smallest absolute Gasteiger partial charge is 0.235 e. The van der Waals surface area contributed by atoms with Gasteiger partial charge < -0.3 is 4.42 Å². The fourth-order valence-electron chi connectivity index (χ4n) is 2.26. The van der Waals surface area contributed by atoms with Crippen molar-refractivity contribution in [1.82, 2.24) is 24.8 Å². The minimum Gasteiger partial charge on any atom is -0.461 e. The Morgan fingerprint density at radius 1 is 1.23 bits per heavy atom. The lowest BCUT2D eigenvalue weighted by molar-refractivity contribution is 0.575. The zero-order valence-electron chi connectivity index (χ0n) is 12.3. The maximum atomic E-state index is 5.40. The van der Waals surface area contributed by atoms with E-state index in [1.807, 2.05) is 19.1 Å². The molecule has 4 aromatic heterocycles. The van der Waals surface area contributed by atoms with E-state index in [9.17, 15) is 0 Å². The quantitative estimate of drug-likeness (QED) is 0.567. The summed E-state index contributed by atoms with van der Waals surface area (Å²) >= 11 is 3.19. The molecule has 4 rings (SSSR count). The largest absolute Gasteiger partial charge is 0.461 e. The predicted octanol–water partition coefficient (Wildman–Crippen LogP) is 4.00. The van der Waals surface area contributed by atoms with Crippen molar-refractivity contribution in [2.24, 2.45) is 0 Å². The van der Waals surface area contributed by atoms with Crippen LogP contribution in [-0.4, -0.2) is 24.8 Å². The van der Waals surface area contributed by atoms with E-state index in [4.69, 9.17) is 4.42 Å². The number of hydrogen-bond acceptors (Lipinski definition) is 7. The summed E-state index contributed by atoms with van der Waals surface area (Å²) in [7, 11) is 0. The minimum absolute atomic E-state index is 0.360. The molecule has 0 radical (unpaired) electrons. The normalized spacial score (nSPS) is 11.8. The van der Waals surface area contributed by atoms with Gasteiger partial charge in [-0.1, -0.05) is 25.2 Å². The third-order valence-corrected chi connectivity index (χ3v) is 5.27. The number of thiazole rings is 1. The third kappa shape index (κ3) is 2.06. The van der Waals surface area contributed by atoms with Crippen LogP contribution in [0.5, 0.6) is 0 Å². The summed E-state index contributed by atoms with van der Waals surface area (Å²) in [5.41, 5.74) is 1.09. The highest BCUT2D eigenvalue weighted by molar-refractivity contribution is 7.24. The molecule has 0 N–H and O–H groups in total. The molecule has 6 nitrogen and oxygen atoms in total. The van der Waals surface area contributed by atoms with E-state index >= 15 is 0 Å². The monoisotopic (exact) mass is 331 g/mol. The van der Waals surface area contributed by atoms with Crippen molar-refractivity contribution < 1.29 is 4.42 Å². The minimum atomic E-state index is 0.360. The first kappa shape index (κ1) is 13.6. The molecule has 0 aromatic carbocycles. The molecular formula is C14H13N5OS2. The van der Waals surface area contributed by atoms with Gasteiger partial charge in [-0.3, -0.25) is 0 Å². The van der Waals surface area contributed by atoms with Gasteiger partial charge in [-0.2, -0.15) is 9.61 Å². The topological polar surface area (TPSA) is 69.1 Å². The van der Waals surface area contributed by atoms with Gasteiger partial charge in [0.25, 0.3) is 0 Å². The molecule has 4 heterocycles. The van der Waals surface area contributed by atoms with Crippen molar-refractivity contribution in [1.29, 1.82) is 0 Å². The van der Waals surface area contributed by atoms with Crippen LogP contribution in [0, 0.1) is 6.92 Å². The van der Waals surface area contributed by atoms with Crippen LogP contribution >= 0.6 is 22.7 Å². The molecule has 0 aliphatic heterocycles. The Balaban J connectivity index is 1.88. The molecule has 112 valence electrons. The van der Waals surface area contributed by atoms with Crippen LogP contribution in [0.3, 0.4) is 0 Å². The Labute approximate surface area is 134 Å². The third-order valence-electron chi connectivity index (χ3n) is 3.23. The SMILES string of the molecule is Cc1nc(C(C)C)c(-c2nn3c(-c4ccco4)nnc3s2)s1. The van der Waals surface area contributed by atoms with Gasteiger partial charge in [-0.15, -0.1) is 21.5 Å². The van der Waals surface area contributed by atoms with Crippen molar-refractivity contribution in [2.45, 2.75) is 26.7 Å². The predicted molar refractivity (Wildman–Crippen MR) is 86.3 cm³/mol. The van der Waals surface area contributed by atoms with E-state index in [-0.39, 0.29) is 0 Å². The molecule has 0 fully saturated rings. The number of furan rings is 1. The van der Waals surface area contributed by atoms with E-state index in [0.717, 1.165) is 25.5 Å². The lowest BCUT2D eigenvalue weighted by Gasteiger charge is -2.01. The standard InChI is InChI=1S/C14H13N5OS2/c1-7(2)10-11(21-8(3)15-10)13-18-19-12(9-5-4-6-20-9)16-17-14(19)22-13/h4-7H,1-3H3. The van der Waals surface area contributed by atoms with Crippen molar-refractivity contribution in [2.75, 3.05) is 0 Å². The average molecular weight is 331 g/mol. The van der Waals surface area contributed by atoms with Crippen LogP contribution in [0.25, 0.3) is 26.4 Å². The first-order valence-corrected chi connectivity index (χ1v) is 8.50. The maximum absolute atomic E-state index is 5.40. The lowest BCUT2D eigenvalue weighted by Crippen LogP contribution is -1.92. The van der Waals surface area contributed by atoms with Gasteiger partial charge in [-0.25, -0.2) is 4.98 Å². The molecule has 0 bridgehead atoms. The average Bonchev–Trinajstić information content (AvgIpc) is 3.20. The second-order valence-corrected chi connectivity index (χ2v) is 7.36. The Hall–Kier alpha value is -2.06. The molecule has 0 aliphatic carbocycles. The van der Waals surface area contributed by atoms with Crippen LogP contribution in [0.4, 0.5) is 0 Å². The molecule has 0 atom stereocenters. The zero-order valence-corrected chi connectivity index (χ0v) is 13.9. The van der Waals surface area contributed by atoms with E-state index in [2.05, 4.69) is 34.1 Å². The molecule has 0 saturated heterocycles. The molecule has 0 aliphatic rings. The zero-order chi connectivity index (χ0) is 15.3. The van der Waals surface area contributed by atoms with Crippen LogP contribution < -0.4 is 0 Å². The number of rotatable bonds is 3. The van der Waals surface area contributed by atoms with E-state index in [1.54, 1.807) is 22.1 Å². The fourth-order valence-corrected chi connectivity index (χ4v) is 4.25. The first-order valence-electron chi connectivity index (χ1n) is 6.87. The molecule has 0 saturated carbocycles. The fraction of sp³-hybridized carbons (Fsp3) is 0.286. The molecule has 0 unspecified atom stereocenters. The number of nitrogens with zero attached hydrogens (tertiary/aromatic N) is 5. The Morgan fingerprint density at radius 2 is 2.09 bits per heavy atom. The Morgan fingerprint density at radius 3 is 2.82 bits per heavy atom. The summed E-state index contributed by atoms with van der Waals surface area (Å²) < 4.78 is 7.13. The van der Waals surface area contributed by atoms with Crippen molar-refractivity contribution in [3.8, 4) is 21.5 Å². The number of aromatic nitrogens is 5. The molecule has 22 heavy (non-hydrogen) atoms. The van der Waals surface area contributed by atoms with Crippen molar-refractivity contribution in [3.05, 3.63) is 29.1 Å². The van der Waals surface area contributed by atoms with Crippen LogP contribution in [0.15, 0.2) is 22.8 Å². The van der Waals surface area contributed by atoms with Gasteiger partial charge in [-0.05, 0) is 25.0 Å². The Kier molecular flexibility index (Phi) is 3.08. The molecule has 0 amide bonds. The van der Waals surface area contributed by atoms with Gasteiger partial charge in [0.05, 0.1) is 21.8 Å². The molecule has 8 heteroatoms. The summed E-state index contributed by atoms with van der Waals surface area (Å²) in [5, 5.41) is 15.0. The summed E-state index contributed by atoms with van der Waals surface area (Å²) in [6.45, 7) is 6.31. The first-order chi connectivity index (χ1) is 10.6. The molecular weight excluding hydrogens is 318 g/mol. The lowest BCUT2D eigenvalue weighted by atomic mass is 10.1. The van der Waals surface area contributed by atoms with Crippen molar-refractivity contribution in [3.63, 3.8) is 0 Å². The van der Waals surface area contributed by atoms with Gasteiger partial charge in [0.1, 0.15) is 0 Å². The van der Waals surface area contributed by atoms with Crippen molar-refractivity contribution >= 4 is 27.6 Å². The van der Waals surface area contributed by atoms with E-state index in [0.29, 0.717) is 17.5 Å². The maximum Gasteiger partial charge on any atom is 0.235 e. The number of aryl methyl sites for hydroxylation is 1. The molecule has 4 aromatic rings. The van der Waals surface area contributed by atoms with Crippen LogP contribution in [0.2, 0.25) is 0 Å². The highest BCUT2D eigenvalue weighted by Crippen LogP contribution is 2.37. The van der Waals surface area contributed by atoms with Gasteiger partial charge >= 0.3 is 0 Å². The highest BCUT2D eigenvalue weighted by Gasteiger charge is 2.21. The second-order valence-electron chi connectivity index (χ2n) is 5.20. The second kappa shape index (κ2) is 4.99. The summed E-state index contributed by atoms with van der Waals surface area (Å²) in [6, 6.07) is 3.68. The molecule has 0 spiro atoms. The van der Waals surface area contributed by atoms with Crippen LogP contribution in [-0.2, 0) is 0 Å². The van der Waals surface area contributed by atoms with Gasteiger partial charge in [0.2, 0.25) is 10.8 Å². The van der Waals surface area contributed by atoms with Gasteiger partial charge in [0.15, 0.2) is 10.8 Å². The summed E-state index contributed by atoms with van der Waals surface area (Å²) in [4.78, 5) is 6.51. The Bertz CT molecular complexity index is 932. The summed E-state index contributed by atoms with van der Waals surface area (Å²) in [5.74, 6) is 1.64. The van der Waals surface area contributed by atoms with Crippen LogP contribution in [0.1, 0.15) is 30.5 Å². The van der Waals surface area contributed by atoms with Gasteiger partial charge in [0, 0.05) is 0 Å².